The highest BCUT2D eigenvalue weighted by Gasteiger charge is 2.43. The third-order valence-corrected chi connectivity index (χ3v) is 5.93. The minimum atomic E-state index is 0.432. The molecular formula is C17H34N2. The predicted octanol–water partition coefficient (Wildman–Crippen LogP) is 3.52. The minimum absolute atomic E-state index is 0.432. The van der Waals surface area contributed by atoms with E-state index in [1.165, 1.54) is 32.2 Å². The number of piperidine rings is 1. The highest BCUT2D eigenvalue weighted by Crippen LogP contribution is 2.40. The Balaban J connectivity index is 2.18. The normalized spacial score (nSPS) is 44.2. The second kappa shape index (κ2) is 5.73. The van der Waals surface area contributed by atoms with Crippen LogP contribution in [0.3, 0.4) is 0 Å². The third-order valence-electron chi connectivity index (χ3n) is 5.93. The van der Waals surface area contributed by atoms with Crippen LogP contribution in [-0.2, 0) is 0 Å². The first kappa shape index (κ1) is 15.3. The molecule has 19 heavy (non-hydrogen) atoms. The van der Waals surface area contributed by atoms with Gasteiger partial charge in [0.05, 0.1) is 0 Å². The van der Waals surface area contributed by atoms with Gasteiger partial charge >= 0.3 is 0 Å². The van der Waals surface area contributed by atoms with Crippen molar-refractivity contribution in [2.75, 3.05) is 13.6 Å². The van der Waals surface area contributed by atoms with E-state index < -0.39 is 0 Å². The van der Waals surface area contributed by atoms with Crippen LogP contribution in [0.2, 0.25) is 0 Å². The number of nitrogens with zero attached hydrogens (tertiary/aromatic N) is 1. The zero-order valence-corrected chi connectivity index (χ0v) is 13.9. The fraction of sp³-hybridized carbons (Fsp3) is 1.00. The van der Waals surface area contributed by atoms with Crippen LogP contribution < -0.4 is 5.32 Å². The molecule has 0 aromatic carbocycles. The predicted molar refractivity (Wildman–Crippen MR) is 83.4 cm³/mol. The summed E-state index contributed by atoms with van der Waals surface area (Å²) < 4.78 is 0. The van der Waals surface area contributed by atoms with Crippen molar-refractivity contribution in [1.82, 2.24) is 10.2 Å². The van der Waals surface area contributed by atoms with E-state index in [4.69, 9.17) is 0 Å². The van der Waals surface area contributed by atoms with Gasteiger partial charge in [0, 0.05) is 24.7 Å². The molecule has 1 N–H and O–H groups in total. The lowest BCUT2D eigenvalue weighted by molar-refractivity contribution is -0.0180. The molecule has 2 nitrogen and oxygen atoms in total. The van der Waals surface area contributed by atoms with Crippen LogP contribution in [0.1, 0.15) is 60.3 Å². The SMILES string of the molecule is CNC1C(N2CC(C)CC(C)C2C)CCCC1(C)C. The van der Waals surface area contributed by atoms with Crippen LogP contribution in [0.4, 0.5) is 0 Å². The highest BCUT2D eigenvalue weighted by molar-refractivity contribution is 5.00. The summed E-state index contributed by atoms with van der Waals surface area (Å²) in [6.45, 7) is 13.5. The van der Waals surface area contributed by atoms with Gasteiger partial charge in [-0.15, -0.1) is 0 Å². The topological polar surface area (TPSA) is 15.3 Å². The fourth-order valence-electron chi connectivity index (χ4n) is 4.75. The van der Waals surface area contributed by atoms with Crippen LogP contribution in [0.5, 0.6) is 0 Å². The average molecular weight is 266 g/mol. The lowest BCUT2D eigenvalue weighted by atomic mass is 9.69. The standard InChI is InChI=1S/C17H34N2/c1-12-10-13(2)14(3)19(11-12)15-8-7-9-17(4,5)16(15)18-6/h12-16,18H,7-11H2,1-6H3. The second-order valence-corrected chi connectivity index (χ2v) is 7.97. The summed E-state index contributed by atoms with van der Waals surface area (Å²) in [6.07, 6.45) is 5.53. The Morgan fingerprint density at radius 1 is 1.16 bits per heavy atom. The number of likely N-dealkylation sites (tertiary alicyclic amines) is 1. The molecule has 1 aliphatic heterocycles. The van der Waals surface area contributed by atoms with Gasteiger partial charge in [-0.1, -0.05) is 34.1 Å². The quantitative estimate of drug-likeness (QED) is 0.822. The van der Waals surface area contributed by atoms with Crippen LogP contribution in [0, 0.1) is 17.3 Å². The first-order valence-electron chi connectivity index (χ1n) is 8.30. The lowest BCUT2D eigenvalue weighted by Gasteiger charge is -2.53. The van der Waals surface area contributed by atoms with Gasteiger partial charge in [-0.25, -0.2) is 0 Å². The van der Waals surface area contributed by atoms with Gasteiger partial charge in [-0.2, -0.15) is 0 Å². The van der Waals surface area contributed by atoms with Gasteiger partial charge in [0.2, 0.25) is 0 Å². The largest absolute Gasteiger partial charge is 0.315 e. The smallest absolute Gasteiger partial charge is 0.0271 e. The molecule has 112 valence electrons. The van der Waals surface area contributed by atoms with E-state index >= 15 is 0 Å². The van der Waals surface area contributed by atoms with Gasteiger partial charge in [-0.05, 0) is 50.5 Å². The molecule has 2 aliphatic rings. The van der Waals surface area contributed by atoms with E-state index in [0.717, 1.165) is 23.9 Å². The molecular weight excluding hydrogens is 232 g/mol. The van der Waals surface area contributed by atoms with Crippen molar-refractivity contribution in [2.45, 2.75) is 78.4 Å². The maximum atomic E-state index is 3.65. The van der Waals surface area contributed by atoms with Crippen molar-refractivity contribution in [3.05, 3.63) is 0 Å². The van der Waals surface area contributed by atoms with Crippen LogP contribution in [0.15, 0.2) is 0 Å². The van der Waals surface area contributed by atoms with Gasteiger partial charge in [-0.3, -0.25) is 4.90 Å². The first-order valence-corrected chi connectivity index (χ1v) is 8.30. The molecule has 1 saturated carbocycles. The van der Waals surface area contributed by atoms with Crippen molar-refractivity contribution in [2.24, 2.45) is 17.3 Å². The lowest BCUT2D eigenvalue weighted by Crippen LogP contribution is -2.62. The fourth-order valence-corrected chi connectivity index (χ4v) is 4.75. The monoisotopic (exact) mass is 266 g/mol. The zero-order valence-electron chi connectivity index (χ0n) is 13.9. The molecule has 1 heterocycles. The molecule has 0 amide bonds. The van der Waals surface area contributed by atoms with E-state index in [1.54, 1.807) is 0 Å². The van der Waals surface area contributed by atoms with E-state index in [-0.39, 0.29) is 0 Å². The van der Waals surface area contributed by atoms with Gasteiger partial charge in [0.25, 0.3) is 0 Å². The molecule has 0 bridgehead atoms. The van der Waals surface area contributed by atoms with E-state index in [2.05, 4.69) is 51.9 Å². The van der Waals surface area contributed by atoms with Crippen molar-refractivity contribution in [3.63, 3.8) is 0 Å². The van der Waals surface area contributed by atoms with Crippen LogP contribution >= 0.6 is 0 Å². The Morgan fingerprint density at radius 3 is 2.47 bits per heavy atom. The van der Waals surface area contributed by atoms with E-state index in [0.29, 0.717) is 11.5 Å². The molecule has 0 spiro atoms. The number of likely N-dealkylation sites (N-methyl/N-ethyl adjacent to an activating group) is 1. The van der Waals surface area contributed by atoms with Crippen molar-refractivity contribution in [1.29, 1.82) is 0 Å². The summed E-state index contributed by atoms with van der Waals surface area (Å²) in [7, 11) is 2.16. The van der Waals surface area contributed by atoms with Crippen LogP contribution in [-0.4, -0.2) is 36.6 Å². The Labute approximate surface area is 120 Å². The third kappa shape index (κ3) is 3.00. The van der Waals surface area contributed by atoms with Crippen molar-refractivity contribution >= 4 is 0 Å². The Hall–Kier alpha value is -0.0800. The number of hydrogen-bond donors (Lipinski definition) is 1. The van der Waals surface area contributed by atoms with Gasteiger partial charge in [0.15, 0.2) is 0 Å². The molecule has 2 rings (SSSR count). The molecule has 0 aromatic heterocycles. The van der Waals surface area contributed by atoms with Crippen LogP contribution in [0.25, 0.3) is 0 Å². The minimum Gasteiger partial charge on any atom is -0.315 e. The van der Waals surface area contributed by atoms with E-state index in [1.807, 2.05) is 0 Å². The molecule has 0 aromatic rings. The van der Waals surface area contributed by atoms with Crippen molar-refractivity contribution < 1.29 is 0 Å². The summed E-state index contributed by atoms with van der Waals surface area (Å²) in [6, 6.07) is 2.11. The number of nitrogens with one attached hydrogen (secondary N) is 1. The average Bonchev–Trinajstić information content (AvgIpc) is 2.32. The summed E-state index contributed by atoms with van der Waals surface area (Å²) in [5.74, 6) is 1.69. The molecule has 0 radical (unpaired) electrons. The number of rotatable bonds is 2. The van der Waals surface area contributed by atoms with E-state index in [9.17, 15) is 0 Å². The molecule has 1 aliphatic carbocycles. The van der Waals surface area contributed by atoms with Crippen molar-refractivity contribution in [3.8, 4) is 0 Å². The summed E-state index contributed by atoms with van der Waals surface area (Å²) in [5, 5.41) is 3.65. The summed E-state index contributed by atoms with van der Waals surface area (Å²) in [5.41, 5.74) is 0.432. The summed E-state index contributed by atoms with van der Waals surface area (Å²) in [4.78, 5) is 2.83. The molecule has 2 fully saturated rings. The molecule has 1 saturated heterocycles. The molecule has 5 unspecified atom stereocenters. The highest BCUT2D eigenvalue weighted by atomic mass is 15.2. The number of hydrogen-bond acceptors (Lipinski definition) is 2. The van der Waals surface area contributed by atoms with Gasteiger partial charge < -0.3 is 5.32 Å². The summed E-state index contributed by atoms with van der Waals surface area (Å²) >= 11 is 0. The molecule has 5 atom stereocenters. The Kier molecular flexibility index (Phi) is 4.62. The first-order chi connectivity index (χ1) is 8.86. The maximum Gasteiger partial charge on any atom is 0.0271 e. The Bertz CT molecular complexity index is 300. The van der Waals surface area contributed by atoms with Gasteiger partial charge in [0.1, 0.15) is 0 Å². The second-order valence-electron chi connectivity index (χ2n) is 7.97. The maximum absolute atomic E-state index is 3.65. The molecule has 2 heteroatoms. The zero-order chi connectivity index (χ0) is 14.2. The Morgan fingerprint density at radius 2 is 1.84 bits per heavy atom.